The van der Waals surface area contributed by atoms with Crippen molar-refractivity contribution in [3.8, 4) is 0 Å². The maximum atomic E-state index is 11.8. The number of amides is 1. The Morgan fingerprint density at radius 1 is 1.05 bits per heavy atom. The Kier molecular flexibility index (Phi) is 5.58. The van der Waals surface area contributed by atoms with Gasteiger partial charge in [0.05, 0.1) is 5.75 Å². The minimum absolute atomic E-state index is 0.0166. The van der Waals surface area contributed by atoms with E-state index in [2.05, 4.69) is 5.32 Å². The third kappa shape index (κ3) is 5.08. The summed E-state index contributed by atoms with van der Waals surface area (Å²) in [5, 5.41) is 2.88. The Morgan fingerprint density at radius 2 is 1.81 bits per heavy atom. The van der Waals surface area contributed by atoms with E-state index in [1.807, 2.05) is 48.5 Å². The highest BCUT2D eigenvalue weighted by Gasteiger charge is 2.05. The molecule has 0 saturated heterocycles. The first kappa shape index (κ1) is 15.3. The highest BCUT2D eigenvalue weighted by Crippen LogP contribution is 2.19. The van der Waals surface area contributed by atoms with Crippen molar-refractivity contribution >= 4 is 23.5 Å². The van der Waals surface area contributed by atoms with Crippen LogP contribution in [0, 0.1) is 0 Å². The zero-order valence-corrected chi connectivity index (χ0v) is 12.7. The van der Waals surface area contributed by atoms with E-state index in [0.717, 1.165) is 10.5 Å². The Hall–Kier alpha value is -2.07. The molecule has 1 amide bonds. The van der Waals surface area contributed by atoms with Gasteiger partial charge in [-0.1, -0.05) is 42.5 Å². The first-order valence-corrected chi connectivity index (χ1v) is 7.68. The molecule has 0 heterocycles. The van der Waals surface area contributed by atoms with Crippen molar-refractivity contribution < 1.29 is 9.59 Å². The fourth-order valence-electron chi connectivity index (χ4n) is 1.80. The second-order valence-corrected chi connectivity index (χ2v) is 5.68. The van der Waals surface area contributed by atoms with Gasteiger partial charge in [0.25, 0.3) is 0 Å². The van der Waals surface area contributed by atoms with E-state index >= 15 is 0 Å². The van der Waals surface area contributed by atoms with Crippen LogP contribution in [0.5, 0.6) is 0 Å². The monoisotopic (exact) mass is 299 g/mol. The van der Waals surface area contributed by atoms with Gasteiger partial charge in [-0.3, -0.25) is 9.59 Å². The van der Waals surface area contributed by atoms with Crippen LogP contribution in [0.3, 0.4) is 0 Å². The summed E-state index contributed by atoms with van der Waals surface area (Å²) in [5.74, 6) is 0.358. The van der Waals surface area contributed by atoms with Crippen molar-refractivity contribution in [1.82, 2.24) is 5.32 Å². The van der Waals surface area contributed by atoms with E-state index in [9.17, 15) is 9.59 Å². The molecule has 1 N–H and O–H groups in total. The van der Waals surface area contributed by atoms with Crippen LogP contribution in [0.25, 0.3) is 0 Å². The smallest absolute Gasteiger partial charge is 0.230 e. The van der Waals surface area contributed by atoms with Gasteiger partial charge in [0.1, 0.15) is 0 Å². The molecular formula is C17H17NO2S. The fourth-order valence-corrected chi connectivity index (χ4v) is 2.59. The quantitative estimate of drug-likeness (QED) is 0.657. The lowest BCUT2D eigenvalue weighted by Gasteiger charge is -2.06. The number of thioether (sulfide) groups is 1. The van der Waals surface area contributed by atoms with E-state index in [1.165, 1.54) is 18.7 Å². The van der Waals surface area contributed by atoms with Crippen molar-refractivity contribution in [2.75, 3.05) is 5.75 Å². The SMILES string of the molecule is CC(=O)c1cccc(SCC(=O)NCc2ccccc2)c1. The molecule has 2 aromatic rings. The number of hydrogen-bond donors (Lipinski definition) is 1. The summed E-state index contributed by atoms with van der Waals surface area (Å²) in [5.41, 5.74) is 1.75. The van der Waals surface area contributed by atoms with Crippen LogP contribution in [0.4, 0.5) is 0 Å². The zero-order chi connectivity index (χ0) is 15.1. The lowest BCUT2D eigenvalue weighted by Crippen LogP contribution is -2.24. The molecule has 0 atom stereocenters. The summed E-state index contributed by atoms with van der Waals surface area (Å²) in [6.45, 7) is 2.07. The molecule has 0 saturated carbocycles. The van der Waals surface area contributed by atoms with Crippen LogP contribution < -0.4 is 5.32 Å². The standard InChI is InChI=1S/C17H17NO2S/c1-13(19)15-8-5-9-16(10-15)21-12-17(20)18-11-14-6-3-2-4-7-14/h2-10H,11-12H2,1H3,(H,18,20). The van der Waals surface area contributed by atoms with Gasteiger partial charge in [-0.15, -0.1) is 11.8 Å². The van der Waals surface area contributed by atoms with E-state index < -0.39 is 0 Å². The Bertz CT molecular complexity index is 626. The van der Waals surface area contributed by atoms with Crippen molar-refractivity contribution in [2.45, 2.75) is 18.4 Å². The third-order valence-electron chi connectivity index (χ3n) is 2.94. The summed E-state index contributed by atoms with van der Waals surface area (Å²) in [6, 6.07) is 17.1. The first-order valence-electron chi connectivity index (χ1n) is 6.69. The van der Waals surface area contributed by atoms with Crippen molar-refractivity contribution in [3.05, 3.63) is 65.7 Å². The Balaban J connectivity index is 1.81. The van der Waals surface area contributed by atoms with Crippen molar-refractivity contribution in [1.29, 1.82) is 0 Å². The number of benzene rings is 2. The molecule has 21 heavy (non-hydrogen) atoms. The Labute approximate surface area is 128 Å². The number of hydrogen-bond acceptors (Lipinski definition) is 3. The number of carbonyl (C=O) groups excluding carboxylic acids is 2. The molecule has 4 heteroatoms. The van der Waals surface area contributed by atoms with Crippen LogP contribution in [-0.2, 0) is 11.3 Å². The van der Waals surface area contributed by atoms with Gasteiger partial charge in [-0.25, -0.2) is 0 Å². The molecule has 0 aliphatic heterocycles. The van der Waals surface area contributed by atoms with Crippen molar-refractivity contribution in [2.24, 2.45) is 0 Å². The average molecular weight is 299 g/mol. The van der Waals surface area contributed by atoms with Gasteiger partial charge in [-0.05, 0) is 24.6 Å². The van der Waals surface area contributed by atoms with Gasteiger partial charge < -0.3 is 5.32 Å². The molecule has 108 valence electrons. The van der Waals surface area contributed by atoms with Gasteiger partial charge in [0.15, 0.2) is 5.78 Å². The largest absolute Gasteiger partial charge is 0.351 e. The molecule has 0 bridgehead atoms. The van der Waals surface area contributed by atoms with Gasteiger partial charge in [0, 0.05) is 17.0 Å². The second kappa shape index (κ2) is 7.64. The van der Waals surface area contributed by atoms with E-state index in [0.29, 0.717) is 17.9 Å². The maximum Gasteiger partial charge on any atom is 0.230 e. The van der Waals surface area contributed by atoms with E-state index in [1.54, 1.807) is 6.07 Å². The predicted octanol–water partition coefficient (Wildman–Crippen LogP) is 3.30. The molecule has 0 radical (unpaired) electrons. The van der Waals surface area contributed by atoms with Crippen LogP contribution in [0.2, 0.25) is 0 Å². The minimum Gasteiger partial charge on any atom is -0.351 e. The van der Waals surface area contributed by atoms with Gasteiger partial charge in [-0.2, -0.15) is 0 Å². The number of carbonyl (C=O) groups is 2. The molecular weight excluding hydrogens is 282 g/mol. The average Bonchev–Trinajstić information content (AvgIpc) is 2.52. The van der Waals surface area contributed by atoms with Crippen LogP contribution in [0.15, 0.2) is 59.5 Å². The number of Topliss-reactive ketones (excluding diaryl/α,β-unsaturated/α-hetero) is 1. The summed E-state index contributed by atoms with van der Waals surface area (Å²) >= 11 is 1.43. The molecule has 3 nitrogen and oxygen atoms in total. The molecule has 2 aromatic carbocycles. The fraction of sp³-hybridized carbons (Fsp3) is 0.176. The molecule has 2 rings (SSSR count). The molecule has 0 spiro atoms. The van der Waals surface area contributed by atoms with Gasteiger partial charge in [0.2, 0.25) is 5.91 Å². The third-order valence-corrected chi connectivity index (χ3v) is 3.94. The van der Waals surface area contributed by atoms with Crippen LogP contribution in [-0.4, -0.2) is 17.4 Å². The van der Waals surface area contributed by atoms with Crippen LogP contribution >= 0.6 is 11.8 Å². The minimum atomic E-state index is -0.0166. The zero-order valence-electron chi connectivity index (χ0n) is 11.8. The molecule has 0 aliphatic rings. The second-order valence-electron chi connectivity index (χ2n) is 4.64. The number of ketones is 1. The normalized spacial score (nSPS) is 10.1. The first-order chi connectivity index (χ1) is 10.1. The predicted molar refractivity (Wildman–Crippen MR) is 85.5 cm³/mol. The van der Waals surface area contributed by atoms with E-state index in [-0.39, 0.29) is 11.7 Å². The summed E-state index contributed by atoms with van der Waals surface area (Å²) < 4.78 is 0. The highest BCUT2D eigenvalue weighted by atomic mass is 32.2. The number of nitrogens with one attached hydrogen (secondary N) is 1. The summed E-state index contributed by atoms with van der Waals surface area (Å²) in [7, 11) is 0. The molecule has 0 unspecified atom stereocenters. The van der Waals surface area contributed by atoms with E-state index in [4.69, 9.17) is 0 Å². The van der Waals surface area contributed by atoms with Gasteiger partial charge >= 0.3 is 0 Å². The number of rotatable bonds is 6. The van der Waals surface area contributed by atoms with Crippen LogP contribution in [0.1, 0.15) is 22.8 Å². The topological polar surface area (TPSA) is 46.2 Å². The molecule has 0 aliphatic carbocycles. The molecule has 0 aromatic heterocycles. The maximum absolute atomic E-state index is 11.8. The summed E-state index contributed by atoms with van der Waals surface area (Å²) in [6.07, 6.45) is 0. The Morgan fingerprint density at radius 3 is 2.52 bits per heavy atom. The van der Waals surface area contributed by atoms with Crippen molar-refractivity contribution in [3.63, 3.8) is 0 Å². The lowest BCUT2D eigenvalue weighted by molar-refractivity contribution is -0.118. The molecule has 0 fully saturated rings. The summed E-state index contributed by atoms with van der Waals surface area (Å²) in [4.78, 5) is 24.0. The lowest BCUT2D eigenvalue weighted by atomic mass is 10.2. The highest BCUT2D eigenvalue weighted by molar-refractivity contribution is 8.00.